The van der Waals surface area contributed by atoms with Gasteiger partial charge in [0.05, 0.1) is 34.6 Å². The molecule has 5 fully saturated rings. The number of hydrazine groups is 1. The molecule has 300 valence electrons. The van der Waals surface area contributed by atoms with Crippen LogP contribution in [0.2, 0.25) is 0 Å². The Hall–Kier alpha value is -5.85. The third-order valence-corrected chi connectivity index (χ3v) is 13.2. The lowest BCUT2D eigenvalue weighted by atomic mass is 9.72. The first-order valence-corrected chi connectivity index (χ1v) is 20.4. The summed E-state index contributed by atoms with van der Waals surface area (Å²) in [4.78, 5) is 79.2. The summed E-state index contributed by atoms with van der Waals surface area (Å²) >= 11 is 0. The molecule has 1 aromatic heterocycles. The van der Waals surface area contributed by atoms with E-state index in [1.54, 1.807) is 12.1 Å². The number of likely N-dealkylation sites (tertiary alicyclic amines) is 1. The fraction of sp³-hybridized carbons (Fsp3) is 0.465. The van der Waals surface area contributed by atoms with Gasteiger partial charge in [0, 0.05) is 88.0 Å². The number of fused-ring (bicyclic) bond motifs is 1. The number of anilines is 4. The minimum absolute atomic E-state index is 0.00123. The highest BCUT2D eigenvalue weighted by Crippen LogP contribution is 2.43. The third kappa shape index (κ3) is 6.83. The number of carbonyl (C=O) groups is 5. The molecule has 58 heavy (non-hydrogen) atoms. The molecule has 9 rings (SSSR count). The number of amides is 5. The zero-order valence-corrected chi connectivity index (χ0v) is 32.7. The number of rotatable bonds is 8. The Bertz CT molecular complexity index is 2210. The lowest BCUT2D eigenvalue weighted by Gasteiger charge is -2.61. The molecule has 15 heteroatoms. The maximum atomic E-state index is 13.4. The predicted octanol–water partition coefficient (Wildman–Crippen LogP) is 3.14. The van der Waals surface area contributed by atoms with Crippen molar-refractivity contribution in [1.82, 2.24) is 19.8 Å². The summed E-state index contributed by atoms with van der Waals surface area (Å²) in [5, 5.41) is 12.8. The SMILES string of the molecule is Cc1cc(N2CCC(C(=O)Nc3ccc(N4CCC(CN5CC6(C5)CN(c5ccc7c(c5)C(=O)N(C5CCC(=O)N(N)C5=O)C7=O)C6)CC4)cn3)CC2)ccc1C#N. The average Bonchev–Trinajstić information content (AvgIpc) is 3.45. The van der Waals surface area contributed by atoms with Gasteiger partial charge in [-0.1, -0.05) is 0 Å². The highest BCUT2D eigenvalue weighted by atomic mass is 16.2. The van der Waals surface area contributed by atoms with Gasteiger partial charge in [0.2, 0.25) is 11.8 Å². The Morgan fingerprint density at radius 3 is 2.17 bits per heavy atom. The molecular formula is C43H48N10O5. The molecule has 1 spiro atoms. The van der Waals surface area contributed by atoms with Crippen LogP contribution in [0.25, 0.3) is 0 Å². The minimum atomic E-state index is -1.07. The standard InChI is InChI=1S/C43H48N10O5/c1-27-18-31(3-2-30(27)20-44)49-16-12-29(13-17-49)39(55)47-37-8-5-33(21-46-37)50-14-10-28(11-15-50)22-48-23-43(24-48)25-51(26-43)32-4-6-34-35(19-32)41(57)52(40(34)56)36-7-9-38(54)53(45)42(36)58/h2-6,8,18-19,21,28-29,36H,7,9-17,22-26,45H2,1H3,(H,46,47,55). The van der Waals surface area contributed by atoms with Crippen LogP contribution >= 0.6 is 0 Å². The van der Waals surface area contributed by atoms with E-state index in [1.165, 1.54) is 0 Å². The molecule has 6 aliphatic rings. The Morgan fingerprint density at radius 1 is 0.828 bits per heavy atom. The van der Waals surface area contributed by atoms with E-state index in [-0.39, 0.29) is 41.2 Å². The topological polar surface area (TPSA) is 180 Å². The van der Waals surface area contributed by atoms with E-state index in [9.17, 15) is 29.2 Å². The van der Waals surface area contributed by atoms with E-state index >= 15 is 0 Å². The smallest absolute Gasteiger partial charge is 0.266 e. The van der Waals surface area contributed by atoms with Crippen LogP contribution in [0, 0.1) is 35.5 Å². The zero-order chi connectivity index (χ0) is 40.3. The van der Waals surface area contributed by atoms with Gasteiger partial charge in [-0.3, -0.25) is 28.9 Å². The molecule has 3 aromatic rings. The molecule has 1 unspecified atom stereocenters. The van der Waals surface area contributed by atoms with Gasteiger partial charge in [-0.2, -0.15) is 5.26 Å². The first kappa shape index (κ1) is 37.7. The molecule has 5 saturated heterocycles. The van der Waals surface area contributed by atoms with Gasteiger partial charge in [-0.25, -0.2) is 15.8 Å². The van der Waals surface area contributed by atoms with Gasteiger partial charge in [0.25, 0.3) is 17.7 Å². The number of carbonyl (C=O) groups excluding carboxylic acids is 5. The number of nitrogens with one attached hydrogen (secondary N) is 1. The molecule has 6 aliphatic heterocycles. The fourth-order valence-electron chi connectivity index (χ4n) is 9.92. The van der Waals surface area contributed by atoms with E-state index in [4.69, 9.17) is 5.84 Å². The van der Waals surface area contributed by atoms with Gasteiger partial charge in [0.15, 0.2) is 0 Å². The Kier molecular flexibility index (Phi) is 9.64. The normalized spacial score (nSPS) is 22.6. The Balaban J connectivity index is 0.695. The summed E-state index contributed by atoms with van der Waals surface area (Å²) in [6.45, 7) is 10.4. The van der Waals surface area contributed by atoms with Crippen molar-refractivity contribution >= 4 is 52.4 Å². The molecule has 3 N–H and O–H groups in total. The number of piperidine rings is 3. The molecule has 0 radical (unpaired) electrons. The van der Waals surface area contributed by atoms with Crippen molar-refractivity contribution in [3.63, 3.8) is 0 Å². The summed E-state index contributed by atoms with van der Waals surface area (Å²) < 4.78 is 0. The number of nitrogens with two attached hydrogens (primary N) is 1. The van der Waals surface area contributed by atoms with Crippen molar-refractivity contribution < 1.29 is 24.0 Å². The molecule has 0 aliphatic carbocycles. The predicted molar refractivity (Wildman–Crippen MR) is 216 cm³/mol. The molecule has 5 amide bonds. The third-order valence-electron chi connectivity index (χ3n) is 13.2. The van der Waals surface area contributed by atoms with Gasteiger partial charge < -0.3 is 24.9 Å². The Labute approximate surface area is 337 Å². The van der Waals surface area contributed by atoms with Crippen molar-refractivity contribution in [2.24, 2.45) is 23.1 Å². The fourth-order valence-corrected chi connectivity index (χ4v) is 9.92. The van der Waals surface area contributed by atoms with Crippen LogP contribution in [0.4, 0.5) is 22.9 Å². The van der Waals surface area contributed by atoms with E-state index in [0.29, 0.717) is 22.3 Å². The second kappa shape index (κ2) is 14.8. The van der Waals surface area contributed by atoms with Gasteiger partial charge in [-0.05, 0) is 99.0 Å². The molecule has 0 bridgehead atoms. The lowest BCUT2D eigenvalue weighted by Crippen LogP contribution is -2.72. The second-order valence-corrected chi connectivity index (χ2v) is 17.1. The van der Waals surface area contributed by atoms with Crippen LogP contribution in [0.1, 0.15) is 70.4 Å². The van der Waals surface area contributed by atoms with Crippen LogP contribution in [0.5, 0.6) is 0 Å². The van der Waals surface area contributed by atoms with Gasteiger partial charge in [0.1, 0.15) is 11.9 Å². The van der Waals surface area contributed by atoms with Crippen LogP contribution in [-0.4, -0.2) is 114 Å². The lowest BCUT2D eigenvalue weighted by molar-refractivity contribution is -0.152. The second-order valence-electron chi connectivity index (χ2n) is 17.1. The monoisotopic (exact) mass is 784 g/mol. The largest absolute Gasteiger partial charge is 0.371 e. The summed E-state index contributed by atoms with van der Waals surface area (Å²) in [6, 6.07) is 16.3. The van der Waals surface area contributed by atoms with E-state index in [1.807, 2.05) is 37.4 Å². The number of imide groups is 2. The summed E-state index contributed by atoms with van der Waals surface area (Å²) in [5.74, 6) is 4.48. The van der Waals surface area contributed by atoms with Crippen LogP contribution in [-0.2, 0) is 14.4 Å². The van der Waals surface area contributed by atoms with Gasteiger partial charge >= 0.3 is 0 Å². The average molecular weight is 785 g/mol. The summed E-state index contributed by atoms with van der Waals surface area (Å²) in [5.41, 5.74) is 5.52. The number of nitriles is 1. The molecule has 15 nitrogen and oxygen atoms in total. The first-order valence-electron chi connectivity index (χ1n) is 20.4. The number of nitrogens with zero attached hydrogens (tertiary/aromatic N) is 8. The number of pyridine rings is 1. The summed E-state index contributed by atoms with van der Waals surface area (Å²) in [7, 11) is 0. The minimum Gasteiger partial charge on any atom is -0.371 e. The van der Waals surface area contributed by atoms with E-state index < -0.39 is 29.7 Å². The highest BCUT2D eigenvalue weighted by Gasteiger charge is 2.52. The van der Waals surface area contributed by atoms with E-state index in [2.05, 4.69) is 48.1 Å². The number of benzene rings is 2. The summed E-state index contributed by atoms with van der Waals surface area (Å²) in [6.07, 6.45) is 5.70. The molecule has 1 atom stereocenters. The van der Waals surface area contributed by atoms with Crippen LogP contribution in [0.15, 0.2) is 54.7 Å². The van der Waals surface area contributed by atoms with Crippen LogP contribution < -0.4 is 25.9 Å². The van der Waals surface area contributed by atoms with Crippen molar-refractivity contribution in [2.75, 3.05) is 78.9 Å². The number of aryl methyl sites for hydroxylation is 1. The van der Waals surface area contributed by atoms with Crippen molar-refractivity contribution in [3.8, 4) is 6.07 Å². The quantitative estimate of drug-likeness (QED) is 0.194. The highest BCUT2D eigenvalue weighted by molar-refractivity contribution is 6.23. The van der Waals surface area contributed by atoms with Crippen molar-refractivity contribution in [2.45, 2.75) is 51.5 Å². The van der Waals surface area contributed by atoms with E-state index in [0.717, 1.165) is 112 Å². The Morgan fingerprint density at radius 2 is 1.48 bits per heavy atom. The maximum Gasteiger partial charge on any atom is 0.266 e. The van der Waals surface area contributed by atoms with Crippen molar-refractivity contribution in [1.29, 1.82) is 5.26 Å². The zero-order valence-electron chi connectivity index (χ0n) is 32.7. The number of hydrogen-bond donors (Lipinski definition) is 2. The number of aromatic nitrogens is 1. The first-order chi connectivity index (χ1) is 28.0. The molecule has 2 aromatic carbocycles. The molecule has 7 heterocycles. The maximum absolute atomic E-state index is 13.4. The molecular weight excluding hydrogens is 737 g/mol. The van der Waals surface area contributed by atoms with Gasteiger partial charge in [-0.15, -0.1) is 0 Å². The van der Waals surface area contributed by atoms with Crippen molar-refractivity contribution in [3.05, 3.63) is 77.0 Å². The number of hydrogen-bond acceptors (Lipinski definition) is 12. The van der Waals surface area contributed by atoms with Crippen LogP contribution in [0.3, 0.4) is 0 Å². The molecule has 0 saturated carbocycles.